The van der Waals surface area contributed by atoms with Crippen molar-refractivity contribution in [2.45, 2.75) is 31.8 Å². The molecule has 0 aliphatic carbocycles. The van der Waals surface area contributed by atoms with Crippen molar-refractivity contribution in [3.63, 3.8) is 0 Å². The second-order valence-corrected chi connectivity index (χ2v) is 6.35. The molecule has 2 aliphatic rings. The average Bonchev–Trinajstić information content (AvgIpc) is 2.90. The molecule has 7 heteroatoms. The number of amides is 2. The van der Waals surface area contributed by atoms with Crippen LogP contribution in [0.2, 0.25) is 0 Å². The number of nitrogens with one attached hydrogen (secondary N) is 1. The fraction of sp³-hybridized carbons (Fsp3) is 0.846. The molecule has 114 valence electrons. The minimum Gasteiger partial charge on any atom is -0.481 e. The van der Waals surface area contributed by atoms with Crippen molar-refractivity contribution in [1.82, 2.24) is 10.2 Å². The van der Waals surface area contributed by atoms with Crippen molar-refractivity contribution in [2.75, 3.05) is 31.3 Å². The Bertz CT molecular complexity index is 360. The number of urea groups is 1. The molecule has 0 saturated carbocycles. The highest BCUT2D eigenvalue weighted by Crippen LogP contribution is 2.21. The van der Waals surface area contributed by atoms with Crippen molar-refractivity contribution in [3.8, 4) is 0 Å². The van der Waals surface area contributed by atoms with Crippen LogP contribution < -0.4 is 5.32 Å². The van der Waals surface area contributed by atoms with Gasteiger partial charge in [-0.15, -0.1) is 0 Å². The summed E-state index contributed by atoms with van der Waals surface area (Å²) in [5.41, 5.74) is 0. The fourth-order valence-electron chi connectivity index (χ4n) is 2.73. The van der Waals surface area contributed by atoms with Crippen LogP contribution in [0.1, 0.15) is 19.8 Å². The third-order valence-corrected chi connectivity index (χ3v) is 5.07. The van der Waals surface area contributed by atoms with Gasteiger partial charge in [0, 0.05) is 18.3 Å². The van der Waals surface area contributed by atoms with E-state index < -0.39 is 11.9 Å². The molecule has 2 N–H and O–H groups in total. The smallest absolute Gasteiger partial charge is 0.317 e. The fourth-order valence-corrected chi connectivity index (χ4v) is 3.80. The second kappa shape index (κ2) is 7.17. The van der Waals surface area contributed by atoms with E-state index in [1.807, 2.05) is 18.7 Å². The van der Waals surface area contributed by atoms with Crippen LogP contribution in [0.4, 0.5) is 4.79 Å². The lowest BCUT2D eigenvalue weighted by Gasteiger charge is -2.32. The van der Waals surface area contributed by atoms with E-state index in [9.17, 15) is 14.7 Å². The number of thioether (sulfide) groups is 1. The van der Waals surface area contributed by atoms with Gasteiger partial charge in [0.25, 0.3) is 0 Å². The molecule has 0 aromatic rings. The van der Waals surface area contributed by atoms with Gasteiger partial charge in [-0.2, -0.15) is 11.8 Å². The largest absolute Gasteiger partial charge is 0.481 e. The highest BCUT2D eigenvalue weighted by atomic mass is 32.2. The van der Waals surface area contributed by atoms with Gasteiger partial charge in [-0.1, -0.05) is 0 Å². The van der Waals surface area contributed by atoms with Crippen LogP contribution in [0.25, 0.3) is 0 Å². The number of carbonyl (C=O) groups excluding carboxylic acids is 1. The molecule has 20 heavy (non-hydrogen) atoms. The Hall–Kier alpha value is -0.950. The summed E-state index contributed by atoms with van der Waals surface area (Å²) in [6.45, 7) is 2.84. The minimum atomic E-state index is -0.896. The molecule has 0 spiro atoms. The van der Waals surface area contributed by atoms with Gasteiger partial charge in [0.05, 0.1) is 19.3 Å². The number of carboxylic acids is 1. The van der Waals surface area contributed by atoms with Gasteiger partial charge in [0.2, 0.25) is 0 Å². The van der Waals surface area contributed by atoms with Crippen LogP contribution in [0, 0.1) is 5.92 Å². The van der Waals surface area contributed by atoms with E-state index in [1.54, 1.807) is 4.90 Å². The quantitative estimate of drug-likeness (QED) is 0.810. The zero-order valence-corrected chi connectivity index (χ0v) is 12.5. The average molecular weight is 302 g/mol. The Morgan fingerprint density at radius 2 is 2.25 bits per heavy atom. The molecule has 0 aromatic heterocycles. The number of likely N-dealkylation sites (N-methyl/N-ethyl adjacent to an activating group) is 1. The third-order valence-electron chi connectivity index (χ3n) is 3.86. The number of nitrogens with zero attached hydrogens (tertiary/aromatic N) is 1. The molecule has 2 rings (SSSR count). The zero-order chi connectivity index (χ0) is 14.5. The van der Waals surface area contributed by atoms with Crippen LogP contribution in [-0.4, -0.2) is 65.4 Å². The number of hydrogen-bond donors (Lipinski definition) is 2. The molecular formula is C13H22N2O4S. The number of carboxylic acid groups (broad SMARTS) is 1. The first-order chi connectivity index (χ1) is 9.63. The monoisotopic (exact) mass is 302 g/mol. The molecule has 2 heterocycles. The summed E-state index contributed by atoms with van der Waals surface area (Å²) < 4.78 is 5.25. The molecule has 6 nitrogen and oxygen atoms in total. The van der Waals surface area contributed by atoms with Gasteiger partial charge in [0.15, 0.2) is 0 Å². The van der Waals surface area contributed by atoms with Gasteiger partial charge >= 0.3 is 12.0 Å². The molecule has 2 aliphatic heterocycles. The molecule has 3 atom stereocenters. The van der Waals surface area contributed by atoms with Crippen LogP contribution in [0.5, 0.6) is 0 Å². The van der Waals surface area contributed by atoms with E-state index in [0.717, 1.165) is 24.3 Å². The first-order valence-electron chi connectivity index (χ1n) is 7.09. The first-order valence-corrected chi connectivity index (χ1v) is 8.24. The van der Waals surface area contributed by atoms with Crippen molar-refractivity contribution >= 4 is 23.8 Å². The summed E-state index contributed by atoms with van der Waals surface area (Å²) in [4.78, 5) is 25.2. The summed E-state index contributed by atoms with van der Waals surface area (Å²) in [7, 11) is 0. The SMILES string of the molecule is CCN(C(=O)NC1CCCSC1)C1COCC1C(=O)O. The lowest BCUT2D eigenvalue weighted by atomic mass is 10.0. The molecule has 2 amide bonds. The summed E-state index contributed by atoms with van der Waals surface area (Å²) in [5.74, 6) is 0.572. The predicted molar refractivity (Wildman–Crippen MR) is 77.0 cm³/mol. The summed E-state index contributed by atoms with van der Waals surface area (Å²) >= 11 is 1.85. The molecular weight excluding hydrogens is 280 g/mol. The number of aliphatic carboxylic acids is 1. The van der Waals surface area contributed by atoms with Crippen molar-refractivity contribution in [1.29, 1.82) is 0 Å². The zero-order valence-electron chi connectivity index (χ0n) is 11.7. The molecule has 0 aromatic carbocycles. The van der Waals surface area contributed by atoms with Crippen molar-refractivity contribution < 1.29 is 19.4 Å². The topological polar surface area (TPSA) is 78.9 Å². The summed E-state index contributed by atoms with van der Waals surface area (Å²) in [6.07, 6.45) is 2.12. The van der Waals surface area contributed by atoms with E-state index in [-0.39, 0.29) is 24.7 Å². The van der Waals surface area contributed by atoms with Crippen molar-refractivity contribution in [3.05, 3.63) is 0 Å². The second-order valence-electron chi connectivity index (χ2n) is 5.20. The maximum absolute atomic E-state index is 12.4. The Morgan fingerprint density at radius 3 is 2.85 bits per heavy atom. The molecule has 2 fully saturated rings. The van der Waals surface area contributed by atoms with E-state index >= 15 is 0 Å². The Balaban J connectivity index is 1.95. The van der Waals surface area contributed by atoms with Crippen molar-refractivity contribution in [2.24, 2.45) is 5.92 Å². The summed E-state index contributed by atoms with van der Waals surface area (Å²) in [6, 6.07) is -0.337. The van der Waals surface area contributed by atoms with Crippen LogP contribution in [-0.2, 0) is 9.53 Å². The minimum absolute atomic E-state index is 0.165. The number of hydrogen-bond acceptors (Lipinski definition) is 4. The van der Waals surface area contributed by atoms with Gasteiger partial charge in [-0.3, -0.25) is 4.79 Å². The van der Waals surface area contributed by atoms with Crippen LogP contribution >= 0.6 is 11.8 Å². The first kappa shape index (κ1) is 15.4. The maximum Gasteiger partial charge on any atom is 0.317 e. The van der Waals surface area contributed by atoms with Gasteiger partial charge in [-0.25, -0.2) is 4.79 Å². The van der Waals surface area contributed by atoms with Crippen LogP contribution in [0.3, 0.4) is 0 Å². The van der Waals surface area contributed by atoms with E-state index in [1.165, 1.54) is 0 Å². The lowest BCUT2D eigenvalue weighted by Crippen LogP contribution is -2.53. The number of carbonyl (C=O) groups is 2. The molecule has 3 unspecified atom stereocenters. The van der Waals surface area contributed by atoms with Gasteiger partial charge < -0.3 is 20.1 Å². The summed E-state index contributed by atoms with van der Waals surface area (Å²) in [5, 5.41) is 12.2. The van der Waals surface area contributed by atoms with E-state index in [2.05, 4.69) is 5.32 Å². The van der Waals surface area contributed by atoms with E-state index in [4.69, 9.17) is 4.74 Å². The highest BCUT2D eigenvalue weighted by molar-refractivity contribution is 7.99. The molecule has 2 saturated heterocycles. The number of ether oxygens (including phenoxy) is 1. The Morgan fingerprint density at radius 1 is 1.45 bits per heavy atom. The van der Waals surface area contributed by atoms with E-state index in [0.29, 0.717) is 13.2 Å². The Labute approximate surface area is 123 Å². The standard InChI is InChI=1S/C13H22N2O4S/c1-2-15(11-7-19-6-10(11)12(16)17)13(18)14-9-4-3-5-20-8-9/h9-11H,2-8H2,1H3,(H,14,18)(H,16,17). The molecule has 0 bridgehead atoms. The van der Waals surface area contributed by atoms with Gasteiger partial charge in [0.1, 0.15) is 5.92 Å². The highest BCUT2D eigenvalue weighted by Gasteiger charge is 2.39. The Kier molecular flexibility index (Phi) is 5.54. The lowest BCUT2D eigenvalue weighted by molar-refractivity contribution is -0.142. The maximum atomic E-state index is 12.4. The van der Waals surface area contributed by atoms with Gasteiger partial charge in [-0.05, 0) is 25.5 Å². The number of rotatable bonds is 4. The van der Waals surface area contributed by atoms with Crippen LogP contribution in [0.15, 0.2) is 0 Å². The normalized spacial score (nSPS) is 29.9. The third kappa shape index (κ3) is 3.58. The molecule has 0 radical (unpaired) electrons. The predicted octanol–water partition coefficient (Wildman–Crippen LogP) is 1.01.